The molecule has 0 N–H and O–H groups in total. The van der Waals surface area contributed by atoms with Gasteiger partial charge in [-0.1, -0.05) is 18.6 Å². The lowest BCUT2D eigenvalue weighted by Gasteiger charge is -2.14. The lowest BCUT2D eigenvalue weighted by Crippen LogP contribution is -2.10. The molecule has 0 radical (unpaired) electrons. The summed E-state index contributed by atoms with van der Waals surface area (Å²) in [6, 6.07) is 5.93. The van der Waals surface area contributed by atoms with Gasteiger partial charge < -0.3 is 4.74 Å². The van der Waals surface area contributed by atoms with Crippen molar-refractivity contribution in [2.75, 3.05) is 7.11 Å². The van der Waals surface area contributed by atoms with E-state index in [1.807, 2.05) is 0 Å². The van der Waals surface area contributed by atoms with Crippen molar-refractivity contribution in [3.8, 4) is 5.75 Å². The number of ether oxygens (including phenoxy) is 1. The third-order valence-electron chi connectivity index (χ3n) is 3.42. The van der Waals surface area contributed by atoms with Crippen LogP contribution in [-0.2, 0) is 0 Å². The van der Waals surface area contributed by atoms with Crippen LogP contribution in [0.15, 0.2) is 35.6 Å². The molecule has 0 aliphatic heterocycles. The standard InChI is InChI=1S/C16H17F3O/c1-20-14-9-7-13(8-10-14)15(16(17,18)19)11-12-5-3-2-4-6-12/h7-10H,2-6H2,1H3. The van der Waals surface area contributed by atoms with E-state index in [0.29, 0.717) is 5.75 Å². The first-order chi connectivity index (χ1) is 9.50. The number of allylic oxidation sites excluding steroid dienone is 1. The summed E-state index contributed by atoms with van der Waals surface area (Å²) in [6.45, 7) is 0. The fourth-order valence-electron chi connectivity index (χ4n) is 2.34. The Labute approximate surface area is 116 Å². The van der Waals surface area contributed by atoms with Crippen LogP contribution in [0.5, 0.6) is 5.75 Å². The van der Waals surface area contributed by atoms with Gasteiger partial charge in [0.25, 0.3) is 0 Å². The van der Waals surface area contributed by atoms with Crippen molar-refractivity contribution >= 4 is 5.57 Å². The molecule has 0 spiro atoms. The fraction of sp³-hybridized carbons (Fsp3) is 0.438. The van der Waals surface area contributed by atoms with Gasteiger partial charge in [0.05, 0.1) is 7.11 Å². The maximum absolute atomic E-state index is 13.2. The van der Waals surface area contributed by atoms with Crippen molar-refractivity contribution in [1.82, 2.24) is 0 Å². The van der Waals surface area contributed by atoms with Crippen LogP contribution in [0.25, 0.3) is 5.57 Å². The van der Waals surface area contributed by atoms with Gasteiger partial charge in [0.1, 0.15) is 11.3 Å². The molecule has 4 heteroatoms. The molecule has 1 aliphatic rings. The van der Waals surface area contributed by atoms with Crippen molar-refractivity contribution in [1.29, 1.82) is 0 Å². The Balaban J connectivity index is 2.44. The zero-order valence-electron chi connectivity index (χ0n) is 11.4. The largest absolute Gasteiger partial charge is 0.497 e. The predicted molar refractivity (Wildman–Crippen MR) is 72.6 cm³/mol. The minimum atomic E-state index is -4.39. The lowest BCUT2D eigenvalue weighted by molar-refractivity contribution is -0.0688. The summed E-state index contributed by atoms with van der Waals surface area (Å²) >= 11 is 0. The van der Waals surface area contributed by atoms with Gasteiger partial charge in [0.2, 0.25) is 0 Å². The minimum absolute atomic E-state index is 0.136. The Morgan fingerprint density at radius 1 is 1.05 bits per heavy atom. The lowest BCUT2D eigenvalue weighted by atomic mass is 9.94. The van der Waals surface area contributed by atoms with E-state index in [4.69, 9.17) is 4.74 Å². The molecule has 0 atom stereocenters. The average molecular weight is 282 g/mol. The Morgan fingerprint density at radius 2 is 1.65 bits per heavy atom. The third kappa shape index (κ3) is 3.67. The van der Waals surface area contributed by atoms with Gasteiger partial charge in [-0.05, 0) is 49.0 Å². The van der Waals surface area contributed by atoms with Gasteiger partial charge >= 0.3 is 6.18 Å². The van der Waals surface area contributed by atoms with Gasteiger partial charge in [-0.15, -0.1) is 5.73 Å². The maximum atomic E-state index is 13.2. The summed E-state index contributed by atoms with van der Waals surface area (Å²) in [5.41, 5.74) is 2.85. The van der Waals surface area contributed by atoms with Gasteiger partial charge in [-0.3, -0.25) is 0 Å². The molecule has 1 fully saturated rings. The van der Waals surface area contributed by atoms with E-state index < -0.39 is 11.7 Å². The molecule has 20 heavy (non-hydrogen) atoms. The number of rotatable bonds is 2. The number of methoxy groups -OCH3 is 1. The third-order valence-corrected chi connectivity index (χ3v) is 3.42. The summed E-state index contributed by atoms with van der Waals surface area (Å²) in [4.78, 5) is 0. The highest BCUT2D eigenvalue weighted by molar-refractivity contribution is 5.69. The molecule has 0 unspecified atom stereocenters. The average Bonchev–Trinajstić information content (AvgIpc) is 2.45. The normalized spacial score (nSPS) is 15.7. The van der Waals surface area contributed by atoms with Crippen molar-refractivity contribution in [2.45, 2.75) is 38.3 Å². The van der Waals surface area contributed by atoms with E-state index in [-0.39, 0.29) is 5.56 Å². The van der Waals surface area contributed by atoms with Crippen LogP contribution in [0.4, 0.5) is 13.2 Å². The van der Waals surface area contributed by atoms with Crippen LogP contribution >= 0.6 is 0 Å². The molecule has 2 rings (SSSR count). The van der Waals surface area contributed by atoms with Gasteiger partial charge in [-0.2, -0.15) is 13.2 Å². The maximum Gasteiger partial charge on any atom is 0.424 e. The first kappa shape index (κ1) is 14.7. The molecule has 108 valence electrons. The molecule has 1 aromatic rings. The zero-order chi connectivity index (χ0) is 14.6. The highest BCUT2D eigenvalue weighted by Gasteiger charge is 2.35. The molecule has 0 saturated heterocycles. The molecule has 1 nitrogen and oxygen atoms in total. The van der Waals surface area contributed by atoms with Crippen molar-refractivity contribution < 1.29 is 17.9 Å². The molecule has 1 aromatic carbocycles. The SMILES string of the molecule is COc1ccc(C(=C=C2CCCCC2)C(F)(F)F)cc1. The van der Waals surface area contributed by atoms with Crippen LogP contribution in [0.2, 0.25) is 0 Å². The van der Waals surface area contributed by atoms with E-state index in [2.05, 4.69) is 5.73 Å². The van der Waals surface area contributed by atoms with E-state index in [1.165, 1.54) is 31.4 Å². The second-order valence-electron chi connectivity index (χ2n) is 4.89. The summed E-state index contributed by atoms with van der Waals surface area (Å²) in [6.07, 6.45) is 0.0474. The molecular weight excluding hydrogens is 265 g/mol. The van der Waals surface area contributed by atoms with Gasteiger partial charge in [-0.25, -0.2) is 0 Å². The minimum Gasteiger partial charge on any atom is -0.497 e. The first-order valence-electron chi connectivity index (χ1n) is 6.71. The first-order valence-corrected chi connectivity index (χ1v) is 6.71. The second kappa shape index (κ2) is 6.19. The monoisotopic (exact) mass is 282 g/mol. The van der Waals surface area contributed by atoms with Crippen molar-refractivity contribution in [2.24, 2.45) is 0 Å². The van der Waals surface area contributed by atoms with Crippen molar-refractivity contribution in [3.63, 3.8) is 0 Å². The van der Waals surface area contributed by atoms with Crippen LogP contribution in [0.3, 0.4) is 0 Å². The predicted octanol–water partition coefficient (Wildman–Crippen LogP) is 5.13. The molecule has 0 bridgehead atoms. The summed E-state index contributed by atoms with van der Waals surface area (Å²) < 4.78 is 44.6. The topological polar surface area (TPSA) is 9.23 Å². The highest BCUT2D eigenvalue weighted by Crippen LogP contribution is 2.35. The van der Waals surface area contributed by atoms with E-state index in [1.54, 1.807) is 0 Å². The van der Waals surface area contributed by atoms with Crippen LogP contribution < -0.4 is 4.74 Å². The number of hydrogen-bond acceptors (Lipinski definition) is 1. The molecule has 0 aromatic heterocycles. The summed E-state index contributed by atoms with van der Waals surface area (Å²) in [7, 11) is 1.49. The Bertz CT molecular complexity index is 512. The Hall–Kier alpha value is -1.67. The van der Waals surface area contributed by atoms with E-state index in [0.717, 1.165) is 37.7 Å². The van der Waals surface area contributed by atoms with Crippen LogP contribution in [0.1, 0.15) is 37.7 Å². The number of benzene rings is 1. The van der Waals surface area contributed by atoms with Crippen LogP contribution in [-0.4, -0.2) is 13.3 Å². The van der Waals surface area contributed by atoms with Gasteiger partial charge in [0, 0.05) is 0 Å². The fourth-order valence-corrected chi connectivity index (χ4v) is 2.34. The highest BCUT2D eigenvalue weighted by atomic mass is 19.4. The Kier molecular flexibility index (Phi) is 4.56. The van der Waals surface area contributed by atoms with Gasteiger partial charge in [0.15, 0.2) is 0 Å². The molecule has 1 aliphatic carbocycles. The molecule has 1 saturated carbocycles. The number of halogens is 3. The zero-order valence-corrected chi connectivity index (χ0v) is 11.4. The van der Waals surface area contributed by atoms with E-state index >= 15 is 0 Å². The molecular formula is C16H17F3O. The summed E-state index contributed by atoms with van der Waals surface area (Å²) in [5, 5.41) is 0. The Morgan fingerprint density at radius 3 is 2.15 bits per heavy atom. The van der Waals surface area contributed by atoms with E-state index in [9.17, 15) is 13.2 Å². The number of alkyl halides is 3. The molecule has 0 amide bonds. The smallest absolute Gasteiger partial charge is 0.424 e. The number of hydrogen-bond donors (Lipinski definition) is 0. The second-order valence-corrected chi connectivity index (χ2v) is 4.89. The quantitative estimate of drug-likeness (QED) is 0.683. The van der Waals surface area contributed by atoms with Crippen LogP contribution in [0, 0.1) is 0 Å². The van der Waals surface area contributed by atoms with Crippen molar-refractivity contribution in [3.05, 3.63) is 41.1 Å². The summed E-state index contributed by atoms with van der Waals surface area (Å²) in [5.74, 6) is 0.542. The molecule has 0 heterocycles.